The lowest BCUT2D eigenvalue weighted by Gasteiger charge is -2.22. The van der Waals surface area contributed by atoms with Crippen LogP contribution in [-0.4, -0.2) is 41.8 Å². The lowest BCUT2D eigenvalue weighted by molar-refractivity contribution is -0.384. The van der Waals surface area contributed by atoms with Crippen LogP contribution in [0.4, 0.5) is 10.8 Å². The maximum atomic E-state index is 12.9. The van der Waals surface area contributed by atoms with E-state index in [1.54, 1.807) is 6.92 Å². The van der Waals surface area contributed by atoms with Crippen molar-refractivity contribution in [3.63, 3.8) is 0 Å². The first-order valence-electron chi connectivity index (χ1n) is 9.57. The minimum absolute atomic E-state index is 0.0459. The number of nitro groups is 1. The molecule has 2 atom stereocenters. The molecule has 0 aliphatic carbocycles. The molecule has 3 aromatic rings. The highest BCUT2D eigenvalue weighted by Crippen LogP contribution is 2.37. The van der Waals surface area contributed by atoms with Crippen LogP contribution in [0.5, 0.6) is 0 Å². The zero-order chi connectivity index (χ0) is 23.9. The molecule has 0 saturated carbocycles. The number of hydrogen-bond donors (Lipinski definition) is 0. The van der Waals surface area contributed by atoms with Crippen molar-refractivity contribution < 1.29 is 32.1 Å². The molecule has 1 aromatic carbocycles. The Morgan fingerprint density at radius 2 is 1.94 bits per heavy atom. The Morgan fingerprint density at radius 1 is 1.24 bits per heavy atom. The quantitative estimate of drug-likeness (QED) is 0.160. The van der Waals surface area contributed by atoms with E-state index < -0.39 is 44.2 Å². The van der Waals surface area contributed by atoms with Crippen LogP contribution in [-0.2, 0) is 19.4 Å². The molecule has 1 fully saturated rings. The number of thiazole rings is 1. The number of aromatic nitrogens is 1. The molecule has 3 heterocycles. The molecular formula is C20H15N3O8S2. The van der Waals surface area contributed by atoms with Gasteiger partial charge in [-0.05, 0) is 30.7 Å². The van der Waals surface area contributed by atoms with Crippen LogP contribution >= 0.6 is 11.3 Å². The van der Waals surface area contributed by atoms with Crippen LogP contribution in [0.1, 0.15) is 23.9 Å². The summed E-state index contributed by atoms with van der Waals surface area (Å²) >= 11 is 0.664. The summed E-state index contributed by atoms with van der Waals surface area (Å²) in [7, 11) is -4.08. The second-order valence-electron chi connectivity index (χ2n) is 7.05. The Morgan fingerprint density at radius 3 is 2.52 bits per heavy atom. The number of Topliss-reactive ketones (excluding diaryl/α,β-unsaturated/α-hetero) is 2. The molecule has 4 rings (SSSR count). The zero-order valence-corrected chi connectivity index (χ0v) is 18.5. The first-order chi connectivity index (χ1) is 15.7. The van der Waals surface area contributed by atoms with E-state index in [0.717, 1.165) is 35.4 Å². The van der Waals surface area contributed by atoms with Crippen molar-refractivity contribution in [1.29, 1.82) is 0 Å². The average Bonchev–Trinajstić information content (AvgIpc) is 3.54. The third-order valence-electron chi connectivity index (χ3n) is 5.19. The molecule has 2 aromatic heterocycles. The van der Waals surface area contributed by atoms with Gasteiger partial charge in [-0.15, -0.1) is 0 Å². The topological polar surface area (TPSA) is 158 Å². The fraction of sp³-hybridized carbons (Fsp3) is 0.200. The maximum Gasteiger partial charge on any atom is 0.297 e. The first kappa shape index (κ1) is 22.5. The van der Waals surface area contributed by atoms with Gasteiger partial charge in [-0.3, -0.25) is 29.4 Å². The van der Waals surface area contributed by atoms with Gasteiger partial charge in [0.1, 0.15) is 10.1 Å². The standard InChI is InChI=1S/C20H15N3O8S2/c1-2-13-16(17(24)14-4-3-9-31-14)18(25)19(26)22(13)20-21-10-15(32-20)33(29,30)12-7-5-11(6-8-12)23(27)28/h3-10,13,16H,2H2,1H3. The molecular weight excluding hydrogens is 474 g/mol. The van der Waals surface area contributed by atoms with Crippen molar-refractivity contribution in [2.45, 2.75) is 28.5 Å². The molecule has 170 valence electrons. The number of non-ortho nitro benzene ring substituents is 1. The van der Waals surface area contributed by atoms with E-state index in [0.29, 0.717) is 11.3 Å². The third-order valence-corrected chi connectivity index (χ3v) is 8.42. The summed E-state index contributed by atoms with van der Waals surface area (Å²) in [6.45, 7) is 1.69. The normalized spacial score (nSPS) is 18.6. The number of anilines is 1. The molecule has 2 unspecified atom stereocenters. The van der Waals surface area contributed by atoms with E-state index >= 15 is 0 Å². The number of amides is 1. The number of hydrogen-bond acceptors (Lipinski definition) is 10. The number of carbonyl (C=O) groups is 3. The van der Waals surface area contributed by atoms with Gasteiger partial charge in [0.15, 0.2) is 10.9 Å². The lowest BCUT2D eigenvalue weighted by atomic mass is 9.91. The zero-order valence-electron chi connectivity index (χ0n) is 16.9. The van der Waals surface area contributed by atoms with Crippen molar-refractivity contribution in [2.24, 2.45) is 5.92 Å². The van der Waals surface area contributed by atoms with E-state index in [1.807, 2.05) is 0 Å². The van der Waals surface area contributed by atoms with Gasteiger partial charge in [0.2, 0.25) is 21.4 Å². The highest BCUT2D eigenvalue weighted by molar-refractivity contribution is 7.93. The second-order valence-corrected chi connectivity index (χ2v) is 10.2. The van der Waals surface area contributed by atoms with E-state index in [1.165, 1.54) is 18.4 Å². The summed E-state index contributed by atoms with van der Waals surface area (Å²) in [5.41, 5.74) is -0.266. The van der Waals surface area contributed by atoms with Gasteiger partial charge in [-0.1, -0.05) is 18.3 Å². The number of rotatable bonds is 7. The van der Waals surface area contributed by atoms with Crippen LogP contribution < -0.4 is 4.90 Å². The minimum Gasteiger partial charge on any atom is -0.461 e. The largest absolute Gasteiger partial charge is 0.461 e. The SMILES string of the molecule is CCC1C(C(=O)c2ccco2)C(=O)C(=O)N1c1ncc(S(=O)(=O)c2ccc([N+](=O)[O-])cc2)s1. The summed E-state index contributed by atoms with van der Waals surface area (Å²) in [4.78, 5) is 53.2. The monoisotopic (exact) mass is 489 g/mol. The minimum atomic E-state index is -4.08. The molecule has 1 amide bonds. The number of furan rings is 1. The molecule has 11 nitrogen and oxygen atoms in total. The summed E-state index contributed by atoms with van der Waals surface area (Å²) < 4.78 is 30.7. The van der Waals surface area contributed by atoms with Gasteiger partial charge in [-0.2, -0.15) is 0 Å². The van der Waals surface area contributed by atoms with Gasteiger partial charge >= 0.3 is 0 Å². The number of ketones is 2. The smallest absolute Gasteiger partial charge is 0.297 e. The Labute approximate surface area is 190 Å². The highest BCUT2D eigenvalue weighted by Gasteiger charge is 2.52. The molecule has 1 aliphatic heterocycles. The molecule has 0 radical (unpaired) electrons. The Bertz CT molecular complexity index is 1360. The summed E-state index contributed by atoms with van der Waals surface area (Å²) in [5.74, 6) is -3.86. The summed E-state index contributed by atoms with van der Waals surface area (Å²) in [6.07, 6.45) is 2.56. The number of nitro benzene ring substituents is 1. The van der Waals surface area contributed by atoms with Crippen LogP contribution in [0.25, 0.3) is 0 Å². The molecule has 0 bridgehead atoms. The van der Waals surface area contributed by atoms with Crippen LogP contribution in [0.2, 0.25) is 0 Å². The number of nitrogens with zero attached hydrogens (tertiary/aromatic N) is 3. The molecule has 13 heteroatoms. The van der Waals surface area contributed by atoms with Crippen molar-refractivity contribution in [2.75, 3.05) is 4.90 Å². The van der Waals surface area contributed by atoms with Gasteiger partial charge in [-0.25, -0.2) is 13.4 Å². The Balaban J connectivity index is 1.67. The van der Waals surface area contributed by atoms with Crippen LogP contribution in [0.3, 0.4) is 0 Å². The van der Waals surface area contributed by atoms with Crippen LogP contribution in [0.15, 0.2) is 62.4 Å². The predicted molar refractivity (Wildman–Crippen MR) is 114 cm³/mol. The average molecular weight is 489 g/mol. The van der Waals surface area contributed by atoms with E-state index in [4.69, 9.17) is 4.42 Å². The fourth-order valence-corrected chi connectivity index (χ4v) is 6.17. The molecule has 33 heavy (non-hydrogen) atoms. The third kappa shape index (κ3) is 3.74. The molecule has 1 aliphatic rings. The number of sulfone groups is 1. The van der Waals surface area contributed by atoms with Crippen molar-refractivity contribution in [3.8, 4) is 0 Å². The lowest BCUT2D eigenvalue weighted by Crippen LogP contribution is -2.36. The number of benzene rings is 1. The Hall–Kier alpha value is -3.71. The predicted octanol–water partition coefficient (Wildman–Crippen LogP) is 2.67. The van der Waals surface area contributed by atoms with E-state index in [2.05, 4.69) is 4.98 Å². The van der Waals surface area contributed by atoms with Gasteiger partial charge in [0.25, 0.3) is 11.6 Å². The highest BCUT2D eigenvalue weighted by atomic mass is 32.2. The summed E-state index contributed by atoms with van der Waals surface area (Å²) in [6, 6.07) is 6.36. The maximum absolute atomic E-state index is 12.9. The van der Waals surface area contributed by atoms with Gasteiger partial charge < -0.3 is 4.42 Å². The molecule has 0 spiro atoms. The van der Waals surface area contributed by atoms with Gasteiger partial charge in [0, 0.05) is 12.1 Å². The molecule has 1 saturated heterocycles. The van der Waals surface area contributed by atoms with Crippen molar-refractivity contribution in [1.82, 2.24) is 4.98 Å². The van der Waals surface area contributed by atoms with Gasteiger partial charge in [0.05, 0.1) is 28.3 Å². The van der Waals surface area contributed by atoms with Crippen molar-refractivity contribution in [3.05, 3.63) is 64.7 Å². The first-order valence-corrected chi connectivity index (χ1v) is 11.9. The fourth-order valence-electron chi connectivity index (χ4n) is 3.59. The van der Waals surface area contributed by atoms with Crippen LogP contribution in [0, 0.1) is 16.0 Å². The molecule has 0 N–H and O–H groups in total. The van der Waals surface area contributed by atoms with E-state index in [9.17, 15) is 32.9 Å². The summed E-state index contributed by atoms with van der Waals surface area (Å²) in [5, 5.41) is 10.8. The van der Waals surface area contributed by atoms with Crippen molar-refractivity contribution >= 4 is 49.5 Å². The second kappa shape index (κ2) is 8.33. The van der Waals surface area contributed by atoms with E-state index in [-0.39, 0.29) is 32.1 Å². The Kier molecular flexibility index (Phi) is 5.68. The number of carbonyl (C=O) groups excluding carboxylic acids is 3.